The highest BCUT2D eigenvalue weighted by atomic mass is 19.3. The normalized spacial score (nSPS) is 16.7. The molecule has 0 atom stereocenters. The number of H-pyrrole nitrogens is 1. The average molecular weight is 322 g/mol. The third-order valence-corrected chi connectivity index (χ3v) is 4.03. The minimum Gasteiger partial charge on any atom is -0.383 e. The molecule has 2 aromatic rings. The number of alkyl halides is 2. The fourth-order valence-corrected chi connectivity index (χ4v) is 2.45. The first kappa shape index (κ1) is 15.5. The monoisotopic (exact) mass is 322 g/mol. The van der Waals surface area contributed by atoms with Crippen molar-refractivity contribution in [2.45, 2.75) is 37.7 Å². The summed E-state index contributed by atoms with van der Waals surface area (Å²) in [6.45, 7) is 1.74. The third-order valence-electron chi connectivity index (χ3n) is 4.03. The van der Waals surface area contributed by atoms with Gasteiger partial charge in [0, 0.05) is 11.3 Å². The van der Waals surface area contributed by atoms with E-state index in [9.17, 15) is 18.7 Å². The number of halogens is 2. The van der Waals surface area contributed by atoms with Gasteiger partial charge in [-0.15, -0.1) is 0 Å². The van der Waals surface area contributed by atoms with Crippen molar-refractivity contribution >= 4 is 11.6 Å². The number of carbonyl (C=O) groups is 1. The van der Waals surface area contributed by atoms with Crippen molar-refractivity contribution in [1.29, 1.82) is 0 Å². The van der Waals surface area contributed by atoms with Gasteiger partial charge in [0.05, 0.1) is 0 Å². The van der Waals surface area contributed by atoms with Crippen LogP contribution in [0.4, 0.5) is 14.5 Å². The summed E-state index contributed by atoms with van der Waals surface area (Å²) in [5, 5.41) is 18.6. The number of benzene rings is 1. The maximum Gasteiger partial charge on any atom is 0.352 e. The number of nitrogens with zero attached hydrogens (tertiary/aromatic N) is 2. The van der Waals surface area contributed by atoms with Crippen LogP contribution in [-0.4, -0.2) is 37.7 Å². The SMILES string of the molecule is Cc1nc(-c2cccc(NC(=O)C(F)(F)C3(O)CCC3)c2)n[nH]1. The first-order chi connectivity index (χ1) is 10.8. The molecule has 0 saturated heterocycles. The van der Waals surface area contributed by atoms with Crippen molar-refractivity contribution < 1.29 is 18.7 Å². The minimum atomic E-state index is -3.83. The molecular weight excluding hydrogens is 306 g/mol. The Balaban J connectivity index is 1.79. The van der Waals surface area contributed by atoms with Gasteiger partial charge in [0.25, 0.3) is 5.91 Å². The van der Waals surface area contributed by atoms with E-state index in [-0.39, 0.29) is 18.5 Å². The fraction of sp³-hybridized carbons (Fsp3) is 0.400. The molecule has 6 nitrogen and oxygen atoms in total. The molecule has 1 aromatic heterocycles. The number of aromatic nitrogens is 3. The number of carbonyl (C=O) groups excluding carboxylic acids is 1. The zero-order chi connectivity index (χ0) is 16.7. The highest BCUT2D eigenvalue weighted by Gasteiger charge is 2.61. The summed E-state index contributed by atoms with van der Waals surface area (Å²) in [7, 11) is 0. The van der Waals surface area contributed by atoms with Crippen LogP contribution in [0.25, 0.3) is 11.4 Å². The fourth-order valence-electron chi connectivity index (χ4n) is 2.45. The highest BCUT2D eigenvalue weighted by molar-refractivity contribution is 5.97. The predicted octanol–water partition coefficient (Wildman–Crippen LogP) is 2.27. The molecule has 1 aliphatic carbocycles. The van der Waals surface area contributed by atoms with Crippen LogP contribution in [0.3, 0.4) is 0 Å². The van der Waals surface area contributed by atoms with Crippen LogP contribution in [0, 0.1) is 6.92 Å². The van der Waals surface area contributed by atoms with Crippen LogP contribution < -0.4 is 5.32 Å². The summed E-state index contributed by atoms with van der Waals surface area (Å²) in [5.74, 6) is -4.32. The predicted molar refractivity (Wildman–Crippen MR) is 78.9 cm³/mol. The Morgan fingerprint density at radius 1 is 1.43 bits per heavy atom. The largest absolute Gasteiger partial charge is 0.383 e. The number of hydrogen-bond acceptors (Lipinski definition) is 4. The Morgan fingerprint density at radius 3 is 2.74 bits per heavy atom. The lowest BCUT2D eigenvalue weighted by atomic mass is 9.75. The molecule has 8 heteroatoms. The van der Waals surface area contributed by atoms with Crippen molar-refractivity contribution in [3.8, 4) is 11.4 Å². The van der Waals surface area contributed by atoms with Crippen molar-refractivity contribution in [2.24, 2.45) is 0 Å². The van der Waals surface area contributed by atoms with Crippen LogP contribution in [0.1, 0.15) is 25.1 Å². The van der Waals surface area contributed by atoms with Gasteiger partial charge in [0.1, 0.15) is 11.4 Å². The molecule has 1 aromatic carbocycles. The molecule has 1 amide bonds. The van der Waals surface area contributed by atoms with Gasteiger partial charge in [-0.3, -0.25) is 9.89 Å². The van der Waals surface area contributed by atoms with Gasteiger partial charge in [0.15, 0.2) is 5.82 Å². The lowest BCUT2D eigenvalue weighted by Crippen LogP contribution is -2.59. The first-order valence-electron chi connectivity index (χ1n) is 7.23. The second-order valence-corrected chi connectivity index (χ2v) is 5.74. The lowest BCUT2D eigenvalue weighted by Gasteiger charge is -2.41. The number of nitrogens with one attached hydrogen (secondary N) is 2. The molecule has 122 valence electrons. The maximum atomic E-state index is 14.1. The van der Waals surface area contributed by atoms with Crippen molar-refractivity contribution in [2.75, 3.05) is 5.32 Å². The van der Waals surface area contributed by atoms with Crippen LogP contribution in [0.2, 0.25) is 0 Å². The Morgan fingerprint density at radius 2 is 2.17 bits per heavy atom. The Bertz CT molecular complexity index is 741. The van der Waals surface area contributed by atoms with Crippen molar-refractivity contribution in [3.05, 3.63) is 30.1 Å². The van der Waals surface area contributed by atoms with Gasteiger partial charge in [-0.25, -0.2) is 4.98 Å². The zero-order valence-electron chi connectivity index (χ0n) is 12.4. The lowest BCUT2D eigenvalue weighted by molar-refractivity contribution is -0.212. The second-order valence-electron chi connectivity index (χ2n) is 5.74. The molecule has 0 radical (unpaired) electrons. The number of aryl methyl sites for hydroxylation is 1. The number of hydrogen-bond donors (Lipinski definition) is 3. The Kier molecular flexibility index (Phi) is 3.63. The minimum absolute atomic E-state index is 0.0794. The topological polar surface area (TPSA) is 90.9 Å². The van der Waals surface area contributed by atoms with E-state index in [2.05, 4.69) is 20.5 Å². The maximum absolute atomic E-state index is 14.1. The van der Waals surface area contributed by atoms with Crippen LogP contribution in [0.15, 0.2) is 24.3 Å². The molecule has 23 heavy (non-hydrogen) atoms. The van der Waals surface area contributed by atoms with E-state index in [0.717, 1.165) is 0 Å². The molecule has 3 rings (SSSR count). The number of amides is 1. The molecule has 0 aliphatic heterocycles. The van der Waals surface area contributed by atoms with Gasteiger partial charge >= 0.3 is 5.92 Å². The van der Waals surface area contributed by atoms with E-state index in [1.165, 1.54) is 12.1 Å². The number of aromatic amines is 1. The van der Waals surface area contributed by atoms with Gasteiger partial charge in [-0.2, -0.15) is 13.9 Å². The summed E-state index contributed by atoms with van der Waals surface area (Å²) in [4.78, 5) is 16.0. The Hall–Kier alpha value is -2.35. The van der Waals surface area contributed by atoms with E-state index in [4.69, 9.17) is 0 Å². The van der Waals surface area contributed by atoms with Gasteiger partial charge in [-0.1, -0.05) is 12.1 Å². The van der Waals surface area contributed by atoms with Gasteiger partial charge in [0.2, 0.25) is 0 Å². The molecule has 1 fully saturated rings. The van der Waals surface area contributed by atoms with E-state index in [1.54, 1.807) is 19.1 Å². The van der Waals surface area contributed by atoms with E-state index >= 15 is 0 Å². The highest BCUT2D eigenvalue weighted by Crippen LogP contribution is 2.44. The summed E-state index contributed by atoms with van der Waals surface area (Å²) in [6, 6.07) is 6.30. The summed E-state index contributed by atoms with van der Waals surface area (Å²) in [6.07, 6.45) is 0.326. The van der Waals surface area contributed by atoms with Crippen LogP contribution in [0.5, 0.6) is 0 Å². The molecule has 1 aliphatic rings. The average Bonchev–Trinajstić information content (AvgIpc) is 2.91. The third kappa shape index (κ3) is 2.70. The molecule has 1 heterocycles. The number of rotatable bonds is 4. The molecule has 1 saturated carbocycles. The molecular formula is C15H16F2N4O2. The van der Waals surface area contributed by atoms with E-state index in [0.29, 0.717) is 23.6 Å². The summed E-state index contributed by atoms with van der Waals surface area (Å²) >= 11 is 0. The molecule has 0 unspecified atom stereocenters. The van der Waals surface area contributed by atoms with Crippen molar-refractivity contribution in [1.82, 2.24) is 15.2 Å². The summed E-state index contributed by atoms with van der Waals surface area (Å²) in [5.41, 5.74) is -1.47. The standard InChI is InChI=1S/C15H16F2N4O2/c1-9-18-12(21-20-9)10-4-2-5-11(8-10)19-13(22)15(16,17)14(23)6-3-7-14/h2,4-5,8,23H,3,6-7H2,1H3,(H,19,22)(H,18,20,21). The van der Waals surface area contributed by atoms with E-state index in [1.807, 2.05) is 0 Å². The zero-order valence-corrected chi connectivity index (χ0v) is 12.4. The number of anilines is 1. The smallest absolute Gasteiger partial charge is 0.352 e. The van der Waals surface area contributed by atoms with Crippen molar-refractivity contribution in [3.63, 3.8) is 0 Å². The quantitative estimate of drug-likeness (QED) is 0.805. The van der Waals surface area contributed by atoms with Crippen LogP contribution in [-0.2, 0) is 4.79 Å². The van der Waals surface area contributed by atoms with Gasteiger partial charge < -0.3 is 10.4 Å². The molecule has 0 spiro atoms. The number of aliphatic hydroxyl groups is 1. The first-order valence-corrected chi connectivity index (χ1v) is 7.23. The Labute approximate surface area is 130 Å². The molecule has 3 N–H and O–H groups in total. The second kappa shape index (κ2) is 5.38. The molecule has 0 bridgehead atoms. The van der Waals surface area contributed by atoms with E-state index < -0.39 is 17.4 Å². The van der Waals surface area contributed by atoms with Crippen LogP contribution >= 0.6 is 0 Å². The van der Waals surface area contributed by atoms with Gasteiger partial charge in [-0.05, 0) is 38.3 Å². The summed E-state index contributed by atoms with van der Waals surface area (Å²) < 4.78 is 28.1.